The van der Waals surface area contributed by atoms with Crippen LogP contribution in [0.3, 0.4) is 0 Å². The molecular formula is C10H15NO5S. The van der Waals surface area contributed by atoms with Crippen molar-refractivity contribution in [3.8, 4) is 0 Å². The van der Waals surface area contributed by atoms with E-state index >= 15 is 0 Å². The highest BCUT2D eigenvalue weighted by molar-refractivity contribution is 7.88. The predicted octanol–water partition coefficient (Wildman–Crippen LogP) is 0.766. The lowest BCUT2D eigenvalue weighted by atomic mass is 10.2. The molecule has 1 heterocycles. The molecule has 0 fully saturated rings. The van der Waals surface area contributed by atoms with E-state index in [0.29, 0.717) is 11.3 Å². The normalized spacial score (nSPS) is 11.8. The number of carbonyl (C=O) groups is 1. The van der Waals surface area contributed by atoms with E-state index in [1.54, 1.807) is 13.0 Å². The molecule has 0 saturated heterocycles. The van der Waals surface area contributed by atoms with Crippen molar-refractivity contribution in [3.63, 3.8) is 0 Å². The molecule has 0 N–H and O–H groups in total. The van der Waals surface area contributed by atoms with Crippen LogP contribution in [0.4, 0.5) is 0 Å². The van der Waals surface area contributed by atoms with E-state index < -0.39 is 16.0 Å². The molecule has 0 aliphatic heterocycles. The minimum atomic E-state index is -3.27. The third-order valence-electron chi connectivity index (χ3n) is 2.28. The first-order chi connectivity index (χ1) is 7.75. The number of rotatable bonds is 4. The highest BCUT2D eigenvalue weighted by Gasteiger charge is 2.19. The molecule has 0 aromatic carbocycles. The van der Waals surface area contributed by atoms with Gasteiger partial charge in [-0.1, -0.05) is 0 Å². The van der Waals surface area contributed by atoms with E-state index in [2.05, 4.69) is 4.74 Å². The van der Waals surface area contributed by atoms with Gasteiger partial charge in [0, 0.05) is 12.6 Å². The van der Waals surface area contributed by atoms with Crippen LogP contribution in [0.5, 0.6) is 0 Å². The summed E-state index contributed by atoms with van der Waals surface area (Å²) >= 11 is 0. The maximum absolute atomic E-state index is 11.3. The summed E-state index contributed by atoms with van der Waals surface area (Å²) in [6.07, 6.45) is 1.10. The van der Waals surface area contributed by atoms with Gasteiger partial charge in [0.15, 0.2) is 0 Å². The third kappa shape index (κ3) is 3.31. The molecule has 0 radical (unpaired) electrons. The average molecular weight is 261 g/mol. The molecule has 1 aromatic heterocycles. The van der Waals surface area contributed by atoms with Crippen LogP contribution in [0, 0.1) is 6.92 Å². The second-order valence-corrected chi connectivity index (χ2v) is 5.82. The first-order valence-corrected chi connectivity index (χ1v) is 6.69. The molecule has 0 saturated carbocycles. The third-order valence-corrected chi connectivity index (χ3v) is 3.55. The minimum absolute atomic E-state index is 0.0800. The van der Waals surface area contributed by atoms with E-state index in [0.717, 1.165) is 10.6 Å². The molecule has 96 valence electrons. The lowest BCUT2D eigenvalue weighted by Crippen LogP contribution is -2.24. The quantitative estimate of drug-likeness (QED) is 0.748. The molecule has 0 aliphatic rings. The Labute approximate surface area is 100 Å². The van der Waals surface area contributed by atoms with Gasteiger partial charge in [-0.3, -0.25) is 0 Å². The summed E-state index contributed by atoms with van der Waals surface area (Å²) in [5.41, 5.74) is 0.619. The van der Waals surface area contributed by atoms with Crippen LogP contribution in [0.1, 0.15) is 21.9 Å². The number of sulfonamides is 1. The van der Waals surface area contributed by atoms with Crippen LogP contribution in [-0.4, -0.2) is 39.1 Å². The topological polar surface area (TPSA) is 76.8 Å². The molecule has 0 spiro atoms. The summed E-state index contributed by atoms with van der Waals surface area (Å²) in [5, 5.41) is 0. The highest BCUT2D eigenvalue weighted by atomic mass is 32.2. The molecule has 1 rings (SSSR count). The number of carbonyl (C=O) groups excluding carboxylic acids is 1. The van der Waals surface area contributed by atoms with E-state index in [-0.39, 0.29) is 12.3 Å². The number of furan rings is 1. The Morgan fingerprint density at radius 1 is 1.53 bits per heavy atom. The molecule has 17 heavy (non-hydrogen) atoms. The molecule has 0 bridgehead atoms. The second-order valence-electron chi connectivity index (χ2n) is 3.74. The average Bonchev–Trinajstić information content (AvgIpc) is 2.57. The molecule has 0 unspecified atom stereocenters. The highest BCUT2D eigenvalue weighted by Crippen LogP contribution is 2.17. The number of methoxy groups -OCH3 is 1. The van der Waals surface area contributed by atoms with Gasteiger partial charge in [0.25, 0.3) is 0 Å². The van der Waals surface area contributed by atoms with Gasteiger partial charge in [-0.15, -0.1) is 0 Å². The number of aryl methyl sites for hydroxylation is 1. The van der Waals surface area contributed by atoms with Gasteiger partial charge in [-0.25, -0.2) is 13.2 Å². The maximum Gasteiger partial charge on any atom is 0.374 e. The molecule has 1 aromatic rings. The first-order valence-electron chi connectivity index (χ1n) is 4.84. The van der Waals surface area contributed by atoms with Gasteiger partial charge in [-0.2, -0.15) is 4.31 Å². The van der Waals surface area contributed by atoms with Crippen LogP contribution < -0.4 is 0 Å². The Balaban J connectivity index is 2.92. The molecule has 7 heteroatoms. The van der Waals surface area contributed by atoms with Gasteiger partial charge in [0.1, 0.15) is 5.76 Å². The fourth-order valence-electron chi connectivity index (χ4n) is 1.26. The van der Waals surface area contributed by atoms with Crippen molar-refractivity contribution in [1.29, 1.82) is 0 Å². The van der Waals surface area contributed by atoms with Crippen molar-refractivity contribution in [2.24, 2.45) is 0 Å². The van der Waals surface area contributed by atoms with Gasteiger partial charge in [0.05, 0.1) is 19.9 Å². The molecular weight excluding hydrogens is 246 g/mol. The van der Waals surface area contributed by atoms with Crippen molar-refractivity contribution in [1.82, 2.24) is 4.31 Å². The van der Waals surface area contributed by atoms with Gasteiger partial charge >= 0.3 is 5.97 Å². The van der Waals surface area contributed by atoms with Gasteiger partial charge in [-0.05, 0) is 13.0 Å². The Bertz CT molecular complexity index is 517. The number of ether oxygens (including phenoxy) is 1. The van der Waals surface area contributed by atoms with Crippen molar-refractivity contribution >= 4 is 16.0 Å². The van der Waals surface area contributed by atoms with Crippen molar-refractivity contribution < 1.29 is 22.4 Å². The SMILES string of the molecule is COC(=O)c1oc(CN(C)S(C)(=O)=O)cc1C. The molecule has 0 amide bonds. The van der Waals surface area contributed by atoms with Crippen LogP contribution in [0.15, 0.2) is 10.5 Å². The molecule has 0 atom stereocenters. The maximum atomic E-state index is 11.3. The van der Waals surface area contributed by atoms with E-state index in [9.17, 15) is 13.2 Å². The fourth-order valence-corrected chi connectivity index (χ4v) is 1.62. The Morgan fingerprint density at radius 3 is 2.59 bits per heavy atom. The fraction of sp³-hybridized carbons (Fsp3) is 0.500. The summed E-state index contributed by atoms with van der Waals surface area (Å²) in [4.78, 5) is 11.3. The lowest BCUT2D eigenvalue weighted by molar-refractivity contribution is 0.0561. The number of hydrogen-bond donors (Lipinski definition) is 0. The van der Waals surface area contributed by atoms with Crippen LogP contribution in [-0.2, 0) is 21.3 Å². The Hall–Kier alpha value is -1.34. The zero-order valence-corrected chi connectivity index (χ0v) is 11.0. The van der Waals surface area contributed by atoms with E-state index in [4.69, 9.17) is 4.42 Å². The van der Waals surface area contributed by atoms with Crippen LogP contribution in [0.25, 0.3) is 0 Å². The summed E-state index contributed by atoms with van der Waals surface area (Å²) in [5.74, 6) is -0.0732. The molecule has 6 nitrogen and oxygen atoms in total. The van der Waals surface area contributed by atoms with Gasteiger partial charge in [0.2, 0.25) is 15.8 Å². The van der Waals surface area contributed by atoms with E-state index in [1.807, 2.05) is 0 Å². The Kier molecular flexibility index (Phi) is 3.94. The Morgan fingerprint density at radius 2 is 2.12 bits per heavy atom. The first kappa shape index (κ1) is 13.7. The largest absolute Gasteiger partial charge is 0.463 e. The van der Waals surface area contributed by atoms with Crippen LogP contribution >= 0.6 is 0 Å². The van der Waals surface area contributed by atoms with Crippen molar-refractivity contribution in [2.45, 2.75) is 13.5 Å². The molecule has 0 aliphatic carbocycles. The monoisotopic (exact) mass is 261 g/mol. The predicted molar refractivity (Wildman–Crippen MR) is 61.1 cm³/mol. The summed E-state index contributed by atoms with van der Waals surface area (Å²) in [6.45, 7) is 1.77. The van der Waals surface area contributed by atoms with Crippen molar-refractivity contribution in [2.75, 3.05) is 20.4 Å². The number of nitrogens with zero attached hydrogens (tertiary/aromatic N) is 1. The smallest absolute Gasteiger partial charge is 0.374 e. The zero-order chi connectivity index (χ0) is 13.2. The lowest BCUT2D eigenvalue weighted by Gasteiger charge is -2.11. The second kappa shape index (κ2) is 4.89. The summed E-state index contributed by atoms with van der Waals surface area (Å²) in [7, 11) is -0.581. The number of hydrogen-bond acceptors (Lipinski definition) is 5. The minimum Gasteiger partial charge on any atom is -0.463 e. The van der Waals surface area contributed by atoms with E-state index in [1.165, 1.54) is 14.2 Å². The zero-order valence-electron chi connectivity index (χ0n) is 10.2. The van der Waals surface area contributed by atoms with Gasteiger partial charge < -0.3 is 9.15 Å². The van der Waals surface area contributed by atoms with Crippen LogP contribution in [0.2, 0.25) is 0 Å². The summed E-state index contributed by atoms with van der Waals surface area (Å²) in [6, 6.07) is 1.62. The number of esters is 1. The standard InChI is InChI=1S/C10H15NO5S/c1-7-5-8(6-11(2)17(4,13)14)16-9(7)10(12)15-3/h5H,6H2,1-4H3. The van der Waals surface area contributed by atoms with Crippen molar-refractivity contribution in [3.05, 3.63) is 23.2 Å². The summed E-state index contributed by atoms with van der Waals surface area (Å²) < 4.78 is 33.3.